The minimum atomic E-state index is -4.88. The van der Waals surface area contributed by atoms with Crippen LogP contribution in [0, 0.1) is 0 Å². The number of rotatable bonds is 5. The maximum atomic E-state index is 12.8. The lowest BCUT2D eigenvalue weighted by Crippen LogP contribution is -2.50. The Bertz CT molecular complexity index is 1100. The van der Waals surface area contributed by atoms with Crippen molar-refractivity contribution in [3.63, 3.8) is 0 Å². The lowest BCUT2D eigenvalue weighted by molar-refractivity contribution is -0.274. The van der Waals surface area contributed by atoms with Gasteiger partial charge in [-0.05, 0) is 36.4 Å². The number of carbonyl (C=O) groups excluding carboxylic acids is 2. The maximum Gasteiger partial charge on any atom is 0.573 e. The van der Waals surface area contributed by atoms with Gasteiger partial charge in [-0.3, -0.25) is 9.59 Å². The number of halogens is 3. The van der Waals surface area contributed by atoms with Crippen LogP contribution < -0.4 is 9.47 Å². The van der Waals surface area contributed by atoms with E-state index in [0.717, 1.165) is 28.6 Å². The van der Waals surface area contributed by atoms with Crippen LogP contribution in [0.2, 0.25) is 0 Å². The number of alkyl halides is 3. The number of amides is 1. The molecule has 1 saturated heterocycles. The van der Waals surface area contributed by atoms with Crippen LogP contribution in [0.25, 0.3) is 0 Å². The number of carbonyl (C=O) groups is 2. The smallest absolute Gasteiger partial charge is 0.426 e. The number of nitrogens with zero attached hydrogens (tertiary/aromatic N) is 2. The van der Waals surface area contributed by atoms with E-state index in [1.54, 1.807) is 12.1 Å². The molecule has 1 aliphatic rings. The molecule has 1 aliphatic heterocycles. The Kier molecular flexibility index (Phi) is 6.74. The van der Waals surface area contributed by atoms with Gasteiger partial charge in [0.15, 0.2) is 0 Å². The topological polar surface area (TPSA) is 93.2 Å². The van der Waals surface area contributed by atoms with Gasteiger partial charge < -0.3 is 14.4 Å². The summed E-state index contributed by atoms with van der Waals surface area (Å²) in [5.41, 5.74) is 0.180. The molecule has 2 aromatic rings. The van der Waals surface area contributed by atoms with Crippen molar-refractivity contribution in [3.8, 4) is 11.5 Å². The predicted molar refractivity (Wildman–Crippen MR) is 106 cm³/mol. The third-order valence-electron chi connectivity index (χ3n) is 4.59. The van der Waals surface area contributed by atoms with Gasteiger partial charge in [-0.15, -0.1) is 13.2 Å². The van der Waals surface area contributed by atoms with Gasteiger partial charge in [-0.1, -0.05) is 12.1 Å². The number of hydrogen-bond acceptors (Lipinski definition) is 6. The summed E-state index contributed by atoms with van der Waals surface area (Å²) in [5.74, 6) is -1.40. The van der Waals surface area contributed by atoms with Crippen LogP contribution in [0.3, 0.4) is 0 Å². The normalized spacial score (nSPS) is 15.3. The van der Waals surface area contributed by atoms with Crippen molar-refractivity contribution >= 4 is 21.9 Å². The number of hydrogen-bond donors (Lipinski definition) is 0. The van der Waals surface area contributed by atoms with Crippen molar-refractivity contribution in [2.75, 3.05) is 26.2 Å². The van der Waals surface area contributed by atoms with Gasteiger partial charge in [0.05, 0.1) is 10.5 Å². The first-order chi connectivity index (χ1) is 15.0. The third-order valence-corrected chi connectivity index (χ3v) is 6.50. The Labute approximate surface area is 182 Å². The molecule has 12 heteroatoms. The van der Waals surface area contributed by atoms with Crippen LogP contribution in [0.4, 0.5) is 13.2 Å². The zero-order chi connectivity index (χ0) is 23.5. The van der Waals surface area contributed by atoms with Gasteiger partial charge in [0.25, 0.3) is 5.91 Å². The van der Waals surface area contributed by atoms with Crippen molar-refractivity contribution < 1.29 is 40.7 Å². The van der Waals surface area contributed by atoms with Crippen molar-refractivity contribution in [3.05, 3.63) is 54.1 Å². The average molecular weight is 472 g/mol. The number of benzene rings is 2. The van der Waals surface area contributed by atoms with E-state index in [-0.39, 0.29) is 42.4 Å². The van der Waals surface area contributed by atoms with Gasteiger partial charge in [-0.2, -0.15) is 4.31 Å². The molecule has 0 bridgehead atoms. The van der Waals surface area contributed by atoms with Gasteiger partial charge in [0.1, 0.15) is 11.5 Å². The lowest BCUT2D eigenvalue weighted by atomic mass is 10.1. The monoisotopic (exact) mass is 472 g/mol. The molecule has 0 aliphatic carbocycles. The Morgan fingerprint density at radius 2 is 1.53 bits per heavy atom. The summed E-state index contributed by atoms with van der Waals surface area (Å²) in [6, 6.07) is 10.1. The predicted octanol–water partition coefficient (Wildman–Crippen LogP) is 2.66. The van der Waals surface area contributed by atoms with Gasteiger partial charge in [0, 0.05) is 33.1 Å². The van der Waals surface area contributed by atoms with E-state index < -0.39 is 34.0 Å². The second kappa shape index (κ2) is 9.17. The number of piperazine rings is 1. The van der Waals surface area contributed by atoms with Gasteiger partial charge in [-0.25, -0.2) is 8.42 Å². The Morgan fingerprint density at radius 3 is 2.09 bits per heavy atom. The minimum absolute atomic E-state index is 0.00932. The molecule has 0 unspecified atom stereocenters. The quantitative estimate of drug-likeness (QED) is 0.491. The zero-order valence-corrected chi connectivity index (χ0v) is 17.6. The van der Waals surface area contributed by atoms with E-state index in [1.165, 1.54) is 24.0 Å². The largest absolute Gasteiger partial charge is 0.573 e. The molecule has 0 saturated carbocycles. The fraction of sp³-hybridized carbons (Fsp3) is 0.300. The first-order valence-corrected chi connectivity index (χ1v) is 10.8. The highest BCUT2D eigenvalue weighted by Gasteiger charge is 2.33. The van der Waals surface area contributed by atoms with Crippen LogP contribution in [0.1, 0.15) is 17.3 Å². The molecule has 0 radical (unpaired) electrons. The maximum absolute atomic E-state index is 12.8. The summed E-state index contributed by atoms with van der Waals surface area (Å²) >= 11 is 0. The van der Waals surface area contributed by atoms with E-state index in [9.17, 15) is 31.2 Å². The summed E-state index contributed by atoms with van der Waals surface area (Å²) in [6.45, 7) is 1.37. The SMILES string of the molecule is CC(=O)Oc1ccccc1C(=O)N1CCN(S(=O)(=O)c2ccc(OC(F)(F)F)cc2)CC1. The number of esters is 1. The second-order valence-corrected chi connectivity index (χ2v) is 8.74. The molecular weight excluding hydrogens is 453 g/mol. The molecule has 2 aromatic carbocycles. The van der Waals surface area contributed by atoms with Crippen molar-refractivity contribution in [1.82, 2.24) is 9.21 Å². The Balaban J connectivity index is 1.67. The molecular formula is C20H19F3N2O6S. The second-order valence-electron chi connectivity index (χ2n) is 6.81. The van der Waals surface area contributed by atoms with Crippen LogP contribution in [0.5, 0.6) is 11.5 Å². The standard InChI is InChI=1S/C20H19F3N2O6S/c1-14(26)30-18-5-3-2-4-17(18)19(27)24-10-12-25(13-11-24)32(28,29)16-8-6-15(7-9-16)31-20(21,22)23/h2-9H,10-13H2,1H3. The highest BCUT2D eigenvalue weighted by molar-refractivity contribution is 7.89. The molecule has 1 heterocycles. The molecule has 172 valence electrons. The number of para-hydroxylation sites is 1. The van der Waals surface area contributed by atoms with Gasteiger partial charge >= 0.3 is 12.3 Å². The summed E-state index contributed by atoms with van der Waals surface area (Å²) in [7, 11) is -3.97. The Morgan fingerprint density at radius 1 is 0.938 bits per heavy atom. The van der Waals surface area contributed by atoms with Crippen molar-refractivity contribution in [2.45, 2.75) is 18.2 Å². The fourth-order valence-corrected chi connectivity index (χ4v) is 4.57. The van der Waals surface area contributed by atoms with Crippen molar-refractivity contribution in [1.29, 1.82) is 0 Å². The highest BCUT2D eigenvalue weighted by Crippen LogP contribution is 2.26. The van der Waals surface area contributed by atoms with Gasteiger partial charge in [0.2, 0.25) is 10.0 Å². The Hall–Kier alpha value is -3.12. The van der Waals surface area contributed by atoms with E-state index in [1.807, 2.05) is 0 Å². The summed E-state index contributed by atoms with van der Waals surface area (Å²) < 4.78 is 72.4. The molecule has 0 aromatic heterocycles. The first kappa shape index (κ1) is 23.5. The highest BCUT2D eigenvalue weighted by atomic mass is 32.2. The van der Waals surface area contributed by atoms with E-state index >= 15 is 0 Å². The van der Waals surface area contributed by atoms with Crippen LogP contribution >= 0.6 is 0 Å². The molecule has 0 N–H and O–H groups in total. The van der Waals surface area contributed by atoms with Crippen molar-refractivity contribution in [2.24, 2.45) is 0 Å². The number of ether oxygens (including phenoxy) is 2. The molecule has 3 rings (SSSR count). The van der Waals surface area contributed by atoms with Crippen LogP contribution in [0.15, 0.2) is 53.4 Å². The summed E-state index contributed by atoms with van der Waals surface area (Å²) in [4.78, 5) is 25.3. The summed E-state index contributed by atoms with van der Waals surface area (Å²) in [6.07, 6.45) is -4.88. The molecule has 0 atom stereocenters. The average Bonchev–Trinajstić information content (AvgIpc) is 2.72. The minimum Gasteiger partial charge on any atom is -0.426 e. The number of sulfonamides is 1. The molecule has 32 heavy (non-hydrogen) atoms. The van der Waals surface area contributed by atoms with E-state index in [2.05, 4.69) is 4.74 Å². The van der Waals surface area contributed by atoms with E-state index in [4.69, 9.17) is 4.74 Å². The van der Waals surface area contributed by atoms with E-state index in [0.29, 0.717) is 0 Å². The first-order valence-electron chi connectivity index (χ1n) is 9.40. The molecule has 8 nitrogen and oxygen atoms in total. The van der Waals surface area contributed by atoms with Crippen LogP contribution in [-0.2, 0) is 14.8 Å². The molecule has 1 amide bonds. The van der Waals surface area contributed by atoms with Crippen LogP contribution in [-0.4, -0.2) is 62.0 Å². The molecule has 1 fully saturated rings. The zero-order valence-electron chi connectivity index (χ0n) is 16.8. The molecule has 0 spiro atoms. The lowest BCUT2D eigenvalue weighted by Gasteiger charge is -2.34. The summed E-state index contributed by atoms with van der Waals surface area (Å²) in [5, 5.41) is 0. The fourth-order valence-electron chi connectivity index (χ4n) is 3.15. The third kappa shape index (κ3) is 5.56.